The highest BCUT2D eigenvalue weighted by Crippen LogP contribution is 2.21. The highest BCUT2D eigenvalue weighted by atomic mass is 32.2. The first kappa shape index (κ1) is 22.8. The van der Waals surface area contributed by atoms with Crippen molar-refractivity contribution in [3.05, 3.63) is 70.1 Å². The quantitative estimate of drug-likeness (QED) is 0.382. The van der Waals surface area contributed by atoms with Gasteiger partial charge in [-0.05, 0) is 43.2 Å². The van der Waals surface area contributed by atoms with E-state index in [4.69, 9.17) is 4.74 Å². The van der Waals surface area contributed by atoms with E-state index in [1.54, 1.807) is 24.3 Å². The van der Waals surface area contributed by atoms with Crippen LogP contribution in [0.2, 0.25) is 0 Å². The van der Waals surface area contributed by atoms with E-state index >= 15 is 0 Å². The van der Waals surface area contributed by atoms with E-state index < -0.39 is 28.4 Å². The van der Waals surface area contributed by atoms with Crippen LogP contribution in [0.5, 0.6) is 0 Å². The molecule has 0 saturated carbocycles. The van der Waals surface area contributed by atoms with Crippen LogP contribution in [0.15, 0.2) is 58.2 Å². The Kier molecular flexibility index (Phi) is 6.39. The molecule has 3 aromatic rings. The van der Waals surface area contributed by atoms with Crippen LogP contribution in [0.4, 0.5) is 0 Å². The van der Waals surface area contributed by atoms with Crippen LogP contribution in [0.3, 0.4) is 0 Å². The Morgan fingerprint density at radius 3 is 2.30 bits per heavy atom. The predicted molar refractivity (Wildman–Crippen MR) is 120 cm³/mol. The normalized spacial score (nSPS) is 14.5. The first-order chi connectivity index (χ1) is 15.8. The van der Waals surface area contributed by atoms with Gasteiger partial charge in [-0.2, -0.15) is 9.40 Å². The number of aromatic nitrogens is 2. The summed E-state index contributed by atoms with van der Waals surface area (Å²) in [7, 11) is -2.06. The van der Waals surface area contributed by atoms with Gasteiger partial charge in [-0.1, -0.05) is 18.2 Å². The zero-order chi connectivity index (χ0) is 23.6. The van der Waals surface area contributed by atoms with Crippen molar-refractivity contribution in [2.45, 2.75) is 24.2 Å². The lowest BCUT2D eigenvalue weighted by Gasteiger charge is -2.15. The number of rotatable bonds is 7. The number of fused-ring (bicyclic) bond motifs is 1. The molecule has 1 aromatic heterocycles. The summed E-state index contributed by atoms with van der Waals surface area (Å²) in [5.41, 5.74) is 0.351. The highest BCUT2D eigenvalue weighted by molar-refractivity contribution is 7.89. The van der Waals surface area contributed by atoms with Gasteiger partial charge in [0, 0.05) is 31.1 Å². The third-order valence-electron chi connectivity index (χ3n) is 5.59. The van der Waals surface area contributed by atoms with E-state index in [1.165, 1.54) is 35.6 Å². The average molecular weight is 470 g/mol. The van der Waals surface area contributed by atoms with Gasteiger partial charge < -0.3 is 4.74 Å². The monoisotopic (exact) mass is 469 g/mol. The fraction of sp³-hybridized carbons (Fsp3) is 0.304. The Labute approximate surface area is 190 Å². The maximum Gasteiger partial charge on any atom is 0.312 e. The molecule has 4 rings (SSSR count). The van der Waals surface area contributed by atoms with Crippen LogP contribution in [0.25, 0.3) is 10.8 Å². The van der Waals surface area contributed by atoms with E-state index in [9.17, 15) is 22.8 Å². The molecule has 1 aliphatic rings. The van der Waals surface area contributed by atoms with Gasteiger partial charge in [-0.3, -0.25) is 14.4 Å². The Bertz CT molecular complexity index is 1370. The van der Waals surface area contributed by atoms with Crippen molar-refractivity contribution in [3.63, 3.8) is 0 Å². The minimum Gasteiger partial charge on any atom is -0.457 e. The van der Waals surface area contributed by atoms with E-state index in [2.05, 4.69) is 5.10 Å². The van der Waals surface area contributed by atoms with Crippen LogP contribution < -0.4 is 5.56 Å². The van der Waals surface area contributed by atoms with Crippen molar-refractivity contribution in [3.8, 4) is 0 Å². The Morgan fingerprint density at radius 1 is 1.00 bits per heavy atom. The molecule has 0 unspecified atom stereocenters. The van der Waals surface area contributed by atoms with Crippen LogP contribution in [0.1, 0.15) is 28.9 Å². The average Bonchev–Trinajstić information content (AvgIpc) is 3.37. The largest absolute Gasteiger partial charge is 0.457 e. The number of ether oxygens (including phenoxy) is 1. The topological polar surface area (TPSA) is 116 Å². The third kappa shape index (κ3) is 4.71. The first-order valence-corrected chi connectivity index (χ1v) is 12.0. The summed E-state index contributed by atoms with van der Waals surface area (Å²) in [6, 6.07) is 12.5. The number of esters is 1. The summed E-state index contributed by atoms with van der Waals surface area (Å²) in [4.78, 5) is 37.1. The van der Waals surface area contributed by atoms with Gasteiger partial charge >= 0.3 is 5.97 Å². The van der Waals surface area contributed by atoms with Crippen molar-refractivity contribution in [2.24, 2.45) is 7.05 Å². The third-order valence-corrected chi connectivity index (χ3v) is 7.50. The lowest BCUT2D eigenvalue weighted by molar-refractivity contribution is -0.141. The number of ketones is 1. The molecule has 1 fully saturated rings. The molecule has 1 aliphatic heterocycles. The Balaban J connectivity index is 1.40. The molecule has 10 heteroatoms. The van der Waals surface area contributed by atoms with Gasteiger partial charge in [0.1, 0.15) is 0 Å². The molecule has 0 radical (unpaired) electrons. The summed E-state index contributed by atoms with van der Waals surface area (Å²) < 4.78 is 32.9. The fourth-order valence-electron chi connectivity index (χ4n) is 3.81. The van der Waals surface area contributed by atoms with E-state index in [1.807, 2.05) is 0 Å². The Morgan fingerprint density at radius 2 is 1.64 bits per heavy atom. The van der Waals surface area contributed by atoms with Crippen molar-refractivity contribution in [2.75, 3.05) is 19.7 Å². The molecule has 2 heterocycles. The van der Waals surface area contributed by atoms with Crippen LogP contribution in [-0.4, -0.2) is 54.0 Å². The SMILES string of the molecule is Cn1nc(CC(=O)OCC(=O)c2ccc(S(=O)(=O)N3CCCC3)cc2)c2ccccc2c1=O. The second kappa shape index (κ2) is 9.24. The number of carbonyl (C=O) groups is 2. The van der Waals surface area contributed by atoms with Gasteiger partial charge in [0.25, 0.3) is 5.56 Å². The van der Waals surface area contributed by atoms with Gasteiger partial charge in [-0.15, -0.1) is 0 Å². The number of hydrogen-bond donors (Lipinski definition) is 0. The minimum absolute atomic E-state index is 0.130. The van der Waals surface area contributed by atoms with Crippen molar-refractivity contribution < 1.29 is 22.7 Å². The lowest BCUT2D eigenvalue weighted by Crippen LogP contribution is -2.27. The zero-order valence-electron chi connectivity index (χ0n) is 18.1. The molecule has 1 saturated heterocycles. The van der Waals surface area contributed by atoms with Crippen molar-refractivity contribution in [1.82, 2.24) is 14.1 Å². The number of Topliss-reactive ketones (excluding diaryl/α,β-unsaturated/α-hetero) is 1. The highest BCUT2D eigenvalue weighted by Gasteiger charge is 2.27. The number of benzene rings is 2. The predicted octanol–water partition coefficient (Wildman–Crippen LogP) is 1.69. The molecule has 0 atom stereocenters. The number of aryl methyl sites for hydroxylation is 1. The molecule has 2 aromatic carbocycles. The van der Waals surface area contributed by atoms with E-state index in [0.29, 0.717) is 29.6 Å². The van der Waals surface area contributed by atoms with Crippen molar-refractivity contribution >= 4 is 32.5 Å². The maximum atomic E-state index is 12.6. The smallest absolute Gasteiger partial charge is 0.312 e. The number of hydrogen-bond acceptors (Lipinski definition) is 7. The standard InChI is InChI=1S/C23H23N3O6S/c1-25-23(29)19-7-3-2-6-18(19)20(24-25)14-22(28)32-15-21(27)16-8-10-17(11-9-16)33(30,31)26-12-4-5-13-26/h2-3,6-11H,4-5,12-15H2,1H3. The summed E-state index contributed by atoms with van der Waals surface area (Å²) in [5, 5.41) is 5.15. The number of carbonyl (C=O) groups excluding carboxylic acids is 2. The summed E-state index contributed by atoms with van der Waals surface area (Å²) >= 11 is 0. The van der Waals surface area contributed by atoms with Crippen molar-refractivity contribution in [1.29, 1.82) is 0 Å². The Hall–Kier alpha value is -3.37. The first-order valence-electron chi connectivity index (χ1n) is 10.5. The van der Waals surface area contributed by atoms with E-state index in [-0.39, 0.29) is 22.4 Å². The molecule has 0 aliphatic carbocycles. The van der Waals surface area contributed by atoms with Crippen LogP contribution in [-0.2, 0) is 33.0 Å². The molecule has 0 amide bonds. The second-order valence-corrected chi connectivity index (χ2v) is 9.76. The molecular formula is C23H23N3O6S. The second-order valence-electron chi connectivity index (χ2n) is 7.82. The molecule has 9 nitrogen and oxygen atoms in total. The van der Waals surface area contributed by atoms with Gasteiger partial charge in [0.05, 0.1) is 22.4 Å². The minimum atomic E-state index is -3.56. The number of nitrogens with zero attached hydrogens (tertiary/aromatic N) is 3. The molecule has 33 heavy (non-hydrogen) atoms. The lowest BCUT2D eigenvalue weighted by atomic mass is 10.1. The molecule has 0 bridgehead atoms. The summed E-state index contributed by atoms with van der Waals surface area (Å²) in [6.07, 6.45) is 1.48. The number of sulfonamides is 1. The van der Waals surface area contributed by atoms with Crippen LogP contribution in [0, 0.1) is 0 Å². The summed E-state index contributed by atoms with van der Waals surface area (Å²) in [5.74, 6) is -1.11. The van der Waals surface area contributed by atoms with Gasteiger partial charge in [-0.25, -0.2) is 13.1 Å². The van der Waals surface area contributed by atoms with Crippen LogP contribution >= 0.6 is 0 Å². The van der Waals surface area contributed by atoms with E-state index in [0.717, 1.165) is 17.5 Å². The molecule has 0 N–H and O–H groups in total. The molecular weight excluding hydrogens is 446 g/mol. The van der Waals surface area contributed by atoms with Gasteiger partial charge in [0.2, 0.25) is 10.0 Å². The van der Waals surface area contributed by atoms with Gasteiger partial charge in [0.15, 0.2) is 12.4 Å². The fourth-order valence-corrected chi connectivity index (χ4v) is 5.33. The molecule has 0 spiro atoms. The molecule has 172 valence electrons. The summed E-state index contributed by atoms with van der Waals surface area (Å²) in [6.45, 7) is 0.512. The maximum absolute atomic E-state index is 12.6. The zero-order valence-corrected chi connectivity index (χ0v) is 18.9.